The topological polar surface area (TPSA) is 68.5 Å². The van der Waals surface area contributed by atoms with Crippen LogP contribution in [0, 0.1) is 0 Å². The lowest BCUT2D eigenvalue weighted by Crippen LogP contribution is -2.31. The minimum atomic E-state index is -4.71. The Kier molecular flexibility index (Phi) is 6.96. The number of carbonyl (C=O) groups excluding carboxylic acids is 1. The second kappa shape index (κ2) is 9.46. The second-order valence-corrected chi connectivity index (χ2v) is 6.79. The van der Waals surface area contributed by atoms with Gasteiger partial charge in [-0.15, -0.1) is 11.6 Å². The highest BCUT2D eigenvalue weighted by atomic mass is 35.5. The molecular weight excluding hydrogens is 446 g/mol. The zero-order valence-electron chi connectivity index (χ0n) is 15.2. The number of hydrogen-bond donors (Lipinski definition) is 0. The first-order chi connectivity index (χ1) is 14.3. The molecule has 3 rings (SSSR count). The smallest absolute Gasteiger partial charge is 0.329 e. The van der Waals surface area contributed by atoms with E-state index in [2.05, 4.69) is 14.7 Å². The number of nitrogens with zero attached hydrogens (tertiary/aromatic N) is 3. The molecule has 6 nitrogen and oxygen atoms in total. The van der Waals surface area contributed by atoms with Crippen LogP contribution in [0.1, 0.15) is 17.0 Å². The van der Waals surface area contributed by atoms with Crippen molar-refractivity contribution in [2.24, 2.45) is 0 Å². The van der Waals surface area contributed by atoms with E-state index < -0.39 is 18.0 Å². The average Bonchev–Trinajstić information content (AvgIpc) is 3.23. The Hall–Kier alpha value is -2.62. The molecule has 2 aromatic carbocycles. The summed E-state index contributed by atoms with van der Waals surface area (Å²) in [5.41, 5.74) is 1.79. The lowest BCUT2D eigenvalue weighted by atomic mass is 10.1. The second-order valence-electron chi connectivity index (χ2n) is 6.08. The van der Waals surface area contributed by atoms with E-state index >= 15 is 0 Å². The molecular formula is C19H14Cl2F3N3O3. The van der Waals surface area contributed by atoms with Gasteiger partial charge in [0, 0.05) is 10.6 Å². The lowest BCUT2D eigenvalue weighted by molar-refractivity contribution is -0.192. The van der Waals surface area contributed by atoms with Crippen LogP contribution in [0.25, 0.3) is 11.4 Å². The third-order valence-electron chi connectivity index (χ3n) is 3.90. The molecule has 0 saturated heterocycles. The van der Waals surface area contributed by atoms with Gasteiger partial charge in [-0.05, 0) is 23.3 Å². The Bertz CT molecular complexity index is 993. The molecule has 0 aliphatic heterocycles. The number of rotatable bonds is 7. The van der Waals surface area contributed by atoms with E-state index in [4.69, 9.17) is 28.0 Å². The van der Waals surface area contributed by atoms with Gasteiger partial charge in [0.05, 0.1) is 6.54 Å². The third kappa shape index (κ3) is 5.71. The van der Waals surface area contributed by atoms with Crippen molar-refractivity contribution < 1.29 is 27.3 Å². The van der Waals surface area contributed by atoms with Crippen LogP contribution in [-0.2, 0) is 29.0 Å². The van der Waals surface area contributed by atoms with Crippen LogP contribution in [0.5, 0.6) is 0 Å². The number of alkyl halides is 4. The highest BCUT2D eigenvalue weighted by Gasteiger charge is 2.38. The molecule has 158 valence electrons. The van der Waals surface area contributed by atoms with E-state index in [-0.39, 0.29) is 24.9 Å². The summed E-state index contributed by atoms with van der Waals surface area (Å²) in [5.74, 6) is -2.33. The van der Waals surface area contributed by atoms with Crippen LogP contribution < -0.4 is 0 Å². The van der Waals surface area contributed by atoms with Crippen LogP contribution in [-0.4, -0.2) is 27.0 Å². The summed E-state index contributed by atoms with van der Waals surface area (Å²) in [7, 11) is 0. The fourth-order valence-corrected chi connectivity index (χ4v) is 2.65. The minimum Gasteiger partial charge on any atom is -0.329 e. The number of aromatic nitrogens is 2. The largest absolute Gasteiger partial charge is 0.471 e. The molecule has 1 heterocycles. The number of carbonyl (C=O) groups is 1. The minimum absolute atomic E-state index is 0.0828. The number of hydrogen-bond acceptors (Lipinski definition) is 5. The maximum absolute atomic E-state index is 12.6. The van der Waals surface area contributed by atoms with Gasteiger partial charge in [-0.2, -0.15) is 18.2 Å². The van der Waals surface area contributed by atoms with Gasteiger partial charge in [0.2, 0.25) is 5.82 Å². The zero-order valence-corrected chi connectivity index (χ0v) is 16.7. The third-order valence-corrected chi connectivity index (χ3v) is 4.38. The fourth-order valence-electron chi connectivity index (χ4n) is 2.39. The molecule has 0 aliphatic carbocycles. The first-order valence-electron chi connectivity index (χ1n) is 8.50. The summed E-state index contributed by atoms with van der Waals surface area (Å²) < 4.78 is 42.0. The van der Waals surface area contributed by atoms with Crippen LogP contribution in [0.3, 0.4) is 0 Å². The van der Waals surface area contributed by atoms with E-state index in [0.29, 0.717) is 16.1 Å². The molecule has 0 saturated carbocycles. The van der Waals surface area contributed by atoms with Crippen molar-refractivity contribution in [3.8, 4) is 11.4 Å². The zero-order chi connectivity index (χ0) is 21.7. The lowest BCUT2D eigenvalue weighted by Gasteiger charge is -2.21. The number of amides is 1. The maximum atomic E-state index is 12.6. The van der Waals surface area contributed by atoms with Crippen molar-refractivity contribution in [3.63, 3.8) is 0 Å². The van der Waals surface area contributed by atoms with Crippen molar-refractivity contribution in [1.82, 2.24) is 15.2 Å². The van der Waals surface area contributed by atoms with Crippen molar-refractivity contribution in [1.29, 1.82) is 0 Å². The normalized spacial score (nSPS) is 11.5. The van der Waals surface area contributed by atoms with E-state index in [1.807, 2.05) is 0 Å². The molecule has 0 radical (unpaired) electrons. The van der Waals surface area contributed by atoms with Gasteiger partial charge in [-0.25, -0.2) is 5.06 Å². The average molecular weight is 460 g/mol. The maximum Gasteiger partial charge on any atom is 0.471 e. The van der Waals surface area contributed by atoms with E-state index in [1.54, 1.807) is 36.4 Å². The van der Waals surface area contributed by atoms with Crippen LogP contribution in [0.2, 0.25) is 5.02 Å². The quantitative estimate of drug-likeness (QED) is 0.362. The van der Waals surface area contributed by atoms with Gasteiger partial charge in [0.1, 0.15) is 12.5 Å². The van der Waals surface area contributed by atoms with E-state index in [0.717, 1.165) is 10.6 Å². The number of hydroxylamine groups is 2. The monoisotopic (exact) mass is 459 g/mol. The SMILES string of the molecule is O=C(CCl)N(Cc1ccc(-c2noc(C(F)(F)F)n2)cc1)OCc1ccc(Cl)cc1. The Balaban J connectivity index is 1.68. The van der Waals surface area contributed by atoms with Crippen molar-refractivity contribution in [2.75, 3.05) is 5.88 Å². The van der Waals surface area contributed by atoms with Crippen molar-refractivity contribution in [2.45, 2.75) is 19.3 Å². The first-order valence-corrected chi connectivity index (χ1v) is 9.41. The Morgan fingerprint density at radius 2 is 1.70 bits per heavy atom. The highest BCUT2D eigenvalue weighted by molar-refractivity contribution is 6.30. The molecule has 0 spiro atoms. The standard InChI is InChI=1S/C19H14Cl2F3N3O3/c20-9-16(28)27(29-11-13-3-7-15(21)8-4-13)10-12-1-5-14(6-2-12)17-25-18(30-26-17)19(22,23)24/h1-8H,9-11H2. The van der Waals surface area contributed by atoms with Gasteiger partial charge >= 0.3 is 12.1 Å². The Labute approximate surface area is 179 Å². The number of benzene rings is 2. The summed E-state index contributed by atoms with van der Waals surface area (Å²) in [6, 6.07) is 13.2. The van der Waals surface area contributed by atoms with Gasteiger partial charge < -0.3 is 4.52 Å². The molecule has 0 fully saturated rings. The molecule has 0 bridgehead atoms. The van der Waals surface area contributed by atoms with E-state index in [9.17, 15) is 18.0 Å². The van der Waals surface area contributed by atoms with Crippen LogP contribution >= 0.6 is 23.2 Å². The van der Waals surface area contributed by atoms with Crippen molar-refractivity contribution in [3.05, 3.63) is 70.6 Å². The van der Waals surface area contributed by atoms with E-state index in [1.165, 1.54) is 12.1 Å². The molecule has 1 aromatic heterocycles. The van der Waals surface area contributed by atoms with Crippen LogP contribution in [0.4, 0.5) is 13.2 Å². The Morgan fingerprint density at radius 3 is 2.27 bits per heavy atom. The predicted molar refractivity (Wildman–Crippen MR) is 102 cm³/mol. The molecule has 0 unspecified atom stereocenters. The van der Waals surface area contributed by atoms with Crippen LogP contribution in [0.15, 0.2) is 53.1 Å². The van der Waals surface area contributed by atoms with Crippen molar-refractivity contribution >= 4 is 29.1 Å². The predicted octanol–water partition coefficient (Wildman–Crippen LogP) is 5.11. The summed E-state index contributed by atoms with van der Waals surface area (Å²) >= 11 is 11.5. The molecule has 0 N–H and O–H groups in total. The first kappa shape index (κ1) is 22.1. The molecule has 1 amide bonds. The van der Waals surface area contributed by atoms with Gasteiger partial charge in [-0.1, -0.05) is 53.2 Å². The van der Waals surface area contributed by atoms with Gasteiger partial charge in [0.15, 0.2) is 0 Å². The van der Waals surface area contributed by atoms with Gasteiger partial charge in [-0.3, -0.25) is 9.63 Å². The Morgan fingerprint density at radius 1 is 1.07 bits per heavy atom. The fraction of sp³-hybridized carbons (Fsp3) is 0.211. The summed E-state index contributed by atoms with van der Waals surface area (Å²) in [4.78, 5) is 21.0. The van der Waals surface area contributed by atoms with Gasteiger partial charge in [0.25, 0.3) is 5.91 Å². The molecule has 0 aliphatic rings. The summed E-state index contributed by atoms with van der Waals surface area (Å²) in [6.07, 6.45) is -4.71. The number of halogens is 5. The summed E-state index contributed by atoms with van der Waals surface area (Å²) in [5, 5.41) is 5.03. The molecule has 11 heteroatoms. The molecule has 30 heavy (non-hydrogen) atoms. The summed E-state index contributed by atoms with van der Waals surface area (Å²) in [6.45, 7) is 0.209. The highest BCUT2D eigenvalue weighted by Crippen LogP contribution is 2.29. The molecule has 3 aromatic rings. The molecule has 0 atom stereocenters.